The molecule has 0 radical (unpaired) electrons. The highest BCUT2D eigenvalue weighted by Crippen LogP contribution is 2.28. The Balaban J connectivity index is 1.57. The van der Waals surface area contributed by atoms with Crippen molar-refractivity contribution in [1.82, 2.24) is 10.1 Å². The molecule has 7 heteroatoms. The van der Waals surface area contributed by atoms with Crippen molar-refractivity contribution >= 4 is 29.3 Å². The Labute approximate surface area is 156 Å². The molecule has 2 aromatic heterocycles. The number of nitrogens with zero attached hydrogens (tertiary/aromatic N) is 2. The van der Waals surface area contributed by atoms with Gasteiger partial charge in [-0.1, -0.05) is 37.7 Å². The summed E-state index contributed by atoms with van der Waals surface area (Å²) in [6.45, 7) is 6.05. The van der Waals surface area contributed by atoms with Crippen molar-refractivity contribution in [2.45, 2.75) is 36.0 Å². The third-order valence-corrected chi connectivity index (χ3v) is 4.50. The quantitative estimate of drug-likeness (QED) is 0.665. The molecule has 6 nitrogen and oxygen atoms in total. The van der Waals surface area contributed by atoms with E-state index in [2.05, 4.69) is 20.8 Å². The second kappa shape index (κ2) is 7.61. The Morgan fingerprint density at radius 1 is 1.00 bits per heavy atom. The maximum atomic E-state index is 12.1. The lowest BCUT2D eigenvalue weighted by molar-refractivity contribution is 0.262. The van der Waals surface area contributed by atoms with Crippen molar-refractivity contribution < 1.29 is 9.32 Å². The number of rotatable bonds is 4. The molecule has 0 fully saturated rings. The van der Waals surface area contributed by atoms with Crippen LogP contribution in [0.1, 0.15) is 26.5 Å². The number of pyridine rings is 1. The largest absolute Gasteiger partial charge is 0.359 e. The highest BCUT2D eigenvalue weighted by atomic mass is 32.2. The number of aromatic nitrogens is 2. The fraction of sp³-hybridized carbons (Fsp3) is 0.211. The molecule has 26 heavy (non-hydrogen) atoms. The predicted molar refractivity (Wildman–Crippen MR) is 103 cm³/mol. The summed E-state index contributed by atoms with van der Waals surface area (Å²) in [5.74, 6) is 1.10. The van der Waals surface area contributed by atoms with Gasteiger partial charge in [0, 0.05) is 39.4 Å². The Kier molecular flexibility index (Phi) is 5.27. The van der Waals surface area contributed by atoms with Crippen LogP contribution >= 0.6 is 11.8 Å². The Morgan fingerprint density at radius 2 is 1.65 bits per heavy atom. The van der Waals surface area contributed by atoms with Gasteiger partial charge in [0.05, 0.1) is 0 Å². The normalized spacial score (nSPS) is 11.2. The van der Waals surface area contributed by atoms with Crippen LogP contribution < -0.4 is 10.6 Å². The molecule has 0 saturated carbocycles. The minimum absolute atomic E-state index is 0.161. The Hall–Kier alpha value is -2.80. The summed E-state index contributed by atoms with van der Waals surface area (Å²) in [5.41, 5.74) is 0.534. The van der Waals surface area contributed by atoms with Crippen LogP contribution in [0.2, 0.25) is 0 Å². The van der Waals surface area contributed by atoms with Crippen molar-refractivity contribution in [3.8, 4) is 0 Å². The molecular formula is C19H20N4O2S. The number of benzene rings is 1. The van der Waals surface area contributed by atoms with Crippen molar-refractivity contribution in [2.24, 2.45) is 0 Å². The van der Waals surface area contributed by atoms with E-state index in [4.69, 9.17) is 4.52 Å². The third kappa shape index (κ3) is 4.86. The first-order valence-corrected chi connectivity index (χ1v) is 8.95. The lowest BCUT2D eigenvalue weighted by Crippen LogP contribution is -2.19. The molecule has 2 heterocycles. The highest BCUT2D eigenvalue weighted by Gasteiger charge is 2.20. The lowest BCUT2D eigenvalue weighted by atomic mass is 9.93. The van der Waals surface area contributed by atoms with Crippen LogP contribution in [-0.4, -0.2) is 16.2 Å². The molecule has 0 spiro atoms. The molecule has 134 valence electrons. The van der Waals surface area contributed by atoms with Crippen molar-refractivity contribution in [1.29, 1.82) is 0 Å². The van der Waals surface area contributed by atoms with E-state index in [0.29, 0.717) is 17.3 Å². The van der Waals surface area contributed by atoms with Crippen LogP contribution in [-0.2, 0) is 5.41 Å². The Bertz CT molecular complexity index is 871. The summed E-state index contributed by atoms with van der Waals surface area (Å²) in [6.07, 6.45) is 3.52. The Morgan fingerprint density at radius 3 is 2.27 bits per heavy atom. The first-order valence-electron chi connectivity index (χ1n) is 8.13. The monoisotopic (exact) mass is 368 g/mol. The fourth-order valence-corrected chi connectivity index (χ4v) is 2.92. The second-order valence-electron chi connectivity index (χ2n) is 6.71. The van der Waals surface area contributed by atoms with Gasteiger partial charge in [0.25, 0.3) is 0 Å². The van der Waals surface area contributed by atoms with Gasteiger partial charge < -0.3 is 9.84 Å². The number of carbonyl (C=O) groups is 1. The minimum Gasteiger partial charge on any atom is -0.359 e. The van der Waals surface area contributed by atoms with Crippen LogP contribution in [0.3, 0.4) is 0 Å². The van der Waals surface area contributed by atoms with Gasteiger partial charge in [0.1, 0.15) is 5.76 Å². The lowest BCUT2D eigenvalue weighted by Gasteiger charge is -2.12. The van der Waals surface area contributed by atoms with E-state index in [9.17, 15) is 4.79 Å². The van der Waals surface area contributed by atoms with Gasteiger partial charge in [0.15, 0.2) is 5.82 Å². The van der Waals surface area contributed by atoms with Gasteiger partial charge in [-0.25, -0.2) is 4.79 Å². The summed E-state index contributed by atoms with van der Waals surface area (Å²) in [6, 6.07) is 12.9. The van der Waals surface area contributed by atoms with E-state index >= 15 is 0 Å². The number of carbonyl (C=O) groups excluding carboxylic acids is 1. The molecule has 2 N–H and O–H groups in total. The fourth-order valence-electron chi connectivity index (χ4n) is 2.11. The summed E-state index contributed by atoms with van der Waals surface area (Å²) < 4.78 is 5.25. The van der Waals surface area contributed by atoms with Gasteiger partial charge in [0.2, 0.25) is 0 Å². The van der Waals surface area contributed by atoms with E-state index in [1.807, 2.05) is 57.2 Å². The van der Waals surface area contributed by atoms with Crippen LogP contribution in [0.4, 0.5) is 16.3 Å². The van der Waals surface area contributed by atoms with E-state index in [1.165, 1.54) is 0 Å². The smallest absolute Gasteiger partial charge is 0.324 e. The number of hydrogen-bond acceptors (Lipinski definition) is 5. The van der Waals surface area contributed by atoms with Gasteiger partial charge in [-0.15, -0.1) is 0 Å². The molecule has 0 saturated heterocycles. The van der Waals surface area contributed by atoms with Crippen molar-refractivity contribution in [3.63, 3.8) is 0 Å². The molecule has 0 aliphatic carbocycles. The molecule has 1 aromatic carbocycles. The standard InChI is InChI=1S/C19H20N4O2S/c1-19(2,3)16-12-17(23-25-16)22-18(24)21-13-4-6-14(7-5-13)26-15-8-10-20-11-9-15/h4-12H,1-3H3,(H2,21,22,23,24). The maximum Gasteiger partial charge on any atom is 0.324 e. The minimum atomic E-state index is -0.367. The number of amides is 2. The first kappa shape index (κ1) is 18.0. The van der Waals surface area contributed by atoms with E-state index in [-0.39, 0.29) is 11.4 Å². The van der Waals surface area contributed by atoms with E-state index in [0.717, 1.165) is 9.79 Å². The first-order chi connectivity index (χ1) is 12.4. The SMILES string of the molecule is CC(C)(C)c1cc(NC(=O)Nc2ccc(Sc3ccncc3)cc2)no1. The zero-order chi connectivity index (χ0) is 18.6. The predicted octanol–water partition coefficient (Wildman–Crippen LogP) is 5.16. The molecule has 0 atom stereocenters. The highest BCUT2D eigenvalue weighted by molar-refractivity contribution is 7.99. The number of urea groups is 1. The molecule has 0 bridgehead atoms. The van der Waals surface area contributed by atoms with Crippen molar-refractivity contribution in [3.05, 3.63) is 60.6 Å². The number of nitrogens with one attached hydrogen (secondary N) is 2. The van der Waals surface area contributed by atoms with Gasteiger partial charge in [-0.2, -0.15) is 0 Å². The van der Waals surface area contributed by atoms with E-state index in [1.54, 1.807) is 30.2 Å². The molecule has 0 aliphatic rings. The average molecular weight is 368 g/mol. The van der Waals surface area contributed by atoms with Crippen LogP contribution in [0.25, 0.3) is 0 Å². The second-order valence-corrected chi connectivity index (χ2v) is 7.86. The summed E-state index contributed by atoms with van der Waals surface area (Å²) >= 11 is 1.63. The van der Waals surface area contributed by atoms with E-state index < -0.39 is 0 Å². The van der Waals surface area contributed by atoms with Gasteiger partial charge >= 0.3 is 6.03 Å². The molecule has 3 rings (SSSR count). The zero-order valence-corrected chi connectivity index (χ0v) is 15.6. The van der Waals surface area contributed by atoms with Gasteiger partial charge in [-0.3, -0.25) is 10.3 Å². The zero-order valence-electron chi connectivity index (χ0n) is 14.8. The summed E-state index contributed by atoms with van der Waals surface area (Å²) in [7, 11) is 0. The van der Waals surface area contributed by atoms with Crippen LogP contribution in [0.5, 0.6) is 0 Å². The molecule has 0 unspecified atom stereocenters. The summed E-state index contributed by atoms with van der Waals surface area (Å²) in [4.78, 5) is 18.3. The van der Waals surface area contributed by atoms with Crippen LogP contribution in [0, 0.1) is 0 Å². The van der Waals surface area contributed by atoms with Crippen molar-refractivity contribution in [2.75, 3.05) is 10.6 Å². The maximum absolute atomic E-state index is 12.1. The molecule has 2 amide bonds. The number of hydrogen-bond donors (Lipinski definition) is 2. The molecule has 0 aliphatic heterocycles. The van der Waals surface area contributed by atoms with Crippen LogP contribution in [0.15, 0.2) is 69.2 Å². The topological polar surface area (TPSA) is 80.0 Å². The third-order valence-electron chi connectivity index (χ3n) is 3.49. The molecule has 3 aromatic rings. The molecular weight excluding hydrogens is 348 g/mol. The summed E-state index contributed by atoms with van der Waals surface area (Å²) in [5, 5.41) is 9.32. The number of anilines is 2. The average Bonchev–Trinajstić information content (AvgIpc) is 3.06. The van der Waals surface area contributed by atoms with Gasteiger partial charge in [-0.05, 0) is 36.4 Å².